The number of carbonyl (C=O) groups is 1. The highest BCUT2D eigenvalue weighted by Crippen LogP contribution is 2.31. The topological polar surface area (TPSA) is 91.8 Å². The first kappa shape index (κ1) is 31.1. The second kappa shape index (κ2) is 13.1. The summed E-state index contributed by atoms with van der Waals surface area (Å²) >= 11 is 0. The molecule has 1 fully saturated rings. The summed E-state index contributed by atoms with van der Waals surface area (Å²) in [6, 6.07) is 18.6. The van der Waals surface area contributed by atoms with Crippen LogP contribution in [0.25, 0.3) is 0 Å². The van der Waals surface area contributed by atoms with Gasteiger partial charge in [0.1, 0.15) is 17.4 Å². The van der Waals surface area contributed by atoms with Crippen LogP contribution in [0.3, 0.4) is 0 Å². The van der Waals surface area contributed by atoms with E-state index in [1.165, 1.54) is 12.3 Å². The van der Waals surface area contributed by atoms with Crippen molar-refractivity contribution in [3.63, 3.8) is 0 Å². The van der Waals surface area contributed by atoms with E-state index in [1.54, 1.807) is 43.1 Å². The van der Waals surface area contributed by atoms with Gasteiger partial charge in [0, 0.05) is 55.9 Å². The number of ether oxygens (including phenoxy) is 1. The van der Waals surface area contributed by atoms with E-state index >= 15 is 0 Å². The summed E-state index contributed by atoms with van der Waals surface area (Å²) in [7, 11) is -3.32. The van der Waals surface area contributed by atoms with E-state index in [1.807, 2.05) is 36.4 Å². The highest BCUT2D eigenvalue weighted by Gasteiger charge is 2.30. The van der Waals surface area contributed by atoms with Crippen molar-refractivity contribution in [1.29, 1.82) is 0 Å². The summed E-state index contributed by atoms with van der Waals surface area (Å²) < 4.78 is 57.6. The molecule has 0 aliphatic carbocycles. The number of hydrogen-bond acceptors (Lipinski definition) is 6. The first-order chi connectivity index (χ1) is 21.0. The summed E-state index contributed by atoms with van der Waals surface area (Å²) in [5.41, 5.74) is 3.04. The molecule has 1 saturated heterocycles. The van der Waals surface area contributed by atoms with Gasteiger partial charge in [0.25, 0.3) is 0 Å². The van der Waals surface area contributed by atoms with Gasteiger partial charge in [0.2, 0.25) is 5.88 Å². The molecule has 0 radical (unpaired) electrons. The number of pyridine rings is 1. The van der Waals surface area contributed by atoms with Crippen molar-refractivity contribution < 1.29 is 26.7 Å². The molecular weight excluding hydrogens is 586 g/mol. The average molecular weight is 621 g/mol. The minimum atomic E-state index is -3.32. The molecule has 3 aromatic carbocycles. The van der Waals surface area contributed by atoms with Gasteiger partial charge >= 0.3 is 6.03 Å². The Morgan fingerprint density at radius 2 is 1.68 bits per heavy atom. The van der Waals surface area contributed by atoms with Crippen molar-refractivity contribution in [2.45, 2.75) is 44.2 Å². The first-order valence-corrected chi connectivity index (χ1v) is 16.1. The molecule has 2 heterocycles. The molecule has 1 aliphatic rings. The summed E-state index contributed by atoms with van der Waals surface area (Å²) in [5, 5.41) is 2.61. The normalized spacial score (nSPS) is 14.3. The molecule has 0 spiro atoms. The quantitative estimate of drug-likeness (QED) is 0.231. The van der Waals surface area contributed by atoms with E-state index in [9.17, 15) is 22.0 Å². The summed E-state index contributed by atoms with van der Waals surface area (Å²) in [6.07, 6.45) is 4.34. The maximum atomic E-state index is 14.3. The Kier molecular flexibility index (Phi) is 9.26. The van der Waals surface area contributed by atoms with Gasteiger partial charge in [-0.3, -0.25) is 9.80 Å². The number of anilines is 2. The smallest absolute Gasteiger partial charge is 0.326 e. The van der Waals surface area contributed by atoms with E-state index in [0.717, 1.165) is 30.8 Å². The van der Waals surface area contributed by atoms with Crippen LogP contribution in [0, 0.1) is 25.5 Å². The molecule has 1 aromatic heterocycles. The van der Waals surface area contributed by atoms with E-state index in [0.29, 0.717) is 47.8 Å². The second-order valence-corrected chi connectivity index (χ2v) is 13.0. The number of rotatable bonds is 8. The molecule has 0 unspecified atom stereocenters. The third kappa shape index (κ3) is 7.40. The first-order valence-electron chi connectivity index (χ1n) is 14.2. The maximum Gasteiger partial charge on any atom is 0.326 e. The van der Waals surface area contributed by atoms with Crippen molar-refractivity contribution in [3.05, 3.63) is 107 Å². The van der Waals surface area contributed by atoms with E-state index in [-0.39, 0.29) is 16.6 Å². The number of amides is 2. The van der Waals surface area contributed by atoms with Gasteiger partial charge in [0.05, 0.1) is 10.6 Å². The Balaban J connectivity index is 1.21. The number of aromatic nitrogens is 1. The van der Waals surface area contributed by atoms with Crippen LogP contribution in [0.5, 0.6) is 11.6 Å². The molecule has 44 heavy (non-hydrogen) atoms. The number of urea groups is 1. The van der Waals surface area contributed by atoms with Gasteiger partial charge in [-0.2, -0.15) is 0 Å². The molecule has 5 rings (SSSR count). The molecule has 8 nitrogen and oxygen atoms in total. The minimum absolute atomic E-state index is 0.0778. The second-order valence-electron chi connectivity index (χ2n) is 11.0. The van der Waals surface area contributed by atoms with Gasteiger partial charge in [-0.25, -0.2) is 27.0 Å². The average Bonchev–Trinajstić information content (AvgIpc) is 2.98. The number of para-hydroxylation sites is 1. The van der Waals surface area contributed by atoms with Gasteiger partial charge in [-0.15, -0.1) is 0 Å². The van der Waals surface area contributed by atoms with E-state index < -0.39 is 27.5 Å². The number of benzene rings is 3. The highest BCUT2D eigenvalue weighted by atomic mass is 32.2. The summed E-state index contributed by atoms with van der Waals surface area (Å²) in [6.45, 7) is 5.74. The van der Waals surface area contributed by atoms with Crippen LogP contribution in [-0.4, -0.2) is 49.7 Å². The zero-order valence-corrected chi connectivity index (χ0v) is 25.6. The van der Waals surface area contributed by atoms with E-state index in [2.05, 4.69) is 15.2 Å². The number of carbonyl (C=O) groups excluding carboxylic acids is 1. The lowest BCUT2D eigenvalue weighted by atomic mass is 10.0. The van der Waals surface area contributed by atoms with Gasteiger partial charge in [0.15, 0.2) is 9.84 Å². The van der Waals surface area contributed by atoms with Crippen molar-refractivity contribution >= 4 is 27.2 Å². The molecular formula is C33H34F2N4O4S. The number of aryl methyl sites for hydroxylation is 2. The number of nitrogens with zero attached hydrogens (tertiary/aromatic N) is 3. The lowest BCUT2D eigenvalue weighted by Gasteiger charge is -2.38. The van der Waals surface area contributed by atoms with Crippen molar-refractivity contribution in [2.24, 2.45) is 0 Å². The number of halogens is 2. The molecule has 4 aromatic rings. The zero-order valence-electron chi connectivity index (χ0n) is 24.8. The highest BCUT2D eigenvalue weighted by molar-refractivity contribution is 7.90. The molecule has 0 bridgehead atoms. The van der Waals surface area contributed by atoms with Crippen LogP contribution in [0.4, 0.5) is 25.0 Å². The molecule has 0 saturated carbocycles. The molecule has 2 amide bonds. The van der Waals surface area contributed by atoms with Gasteiger partial charge < -0.3 is 10.1 Å². The largest absolute Gasteiger partial charge is 0.438 e. The number of likely N-dealkylation sites (tertiary alicyclic amines) is 1. The Morgan fingerprint density at radius 3 is 2.27 bits per heavy atom. The minimum Gasteiger partial charge on any atom is -0.438 e. The Labute approximate surface area is 256 Å². The lowest BCUT2D eigenvalue weighted by molar-refractivity contribution is 0.199. The zero-order chi connectivity index (χ0) is 31.4. The Hall–Kier alpha value is -4.35. The fourth-order valence-corrected chi connectivity index (χ4v) is 6.18. The van der Waals surface area contributed by atoms with Crippen LogP contribution >= 0.6 is 0 Å². The third-order valence-electron chi connectivity index (χ3n) is 7.62. The Bertz CT molecular complexity index is 1720. The molecule has 1 N–H and O–H groups in total. The molecule has 230 valence electrons. The third-order valence-corrected chi connectivity index (χ3v) is 8.71. The maximum absolute atomic E-state index is 14.3. The van der Waals surface area contributed by atoms with Crippen LogP contribution < -0.4 is 15.0 Å². The van der Waals surface area contributed by atoms with Crippen molar-refractivity contribution in [3.8, 4) is 11.6 Å². The van der Waals surface area contributed by atoms with E-state index in [4.69, 9.17) is 4.74 Å². The van der Waals surface area contributed by atoms with Crippen molar-refractivity contribution in [1.82, 2.24) is 9.88 Å². The van der Waals surface area contributed by atoms with Gasteiger partial charge in [-0.05, 0) is 79.8 Å². The predicted octanol–water partition coefficient (Wildman–Crippen LogP) is 6.88. The fourth-order valence-electron chi connectivity index (χ4n) is 5.40. The Morgan fingerprint density at radius 1 is 1.00 bits per heavy atom. The number of nitrogens with one attached hydrogen (secondary N) is 1. The van der Waals surface area contributed by atoms with Crippen LogP contribution in [0.15, 0.2) is 83.9 Å². The van der Waals surface area contributed by atoms with Crippen molar-refractivity contribution in [2.75, 3.05) is 29.6 Å². The van der Waals surface area contributed by atoms with Gasteiger partial charge in [-0.1, -0.05) is 24.3 Å². The number of piperidine rings is 1. The lowest BCUT2D eigenvalue weighted by Crippen LogP contribution is -2.49. The molecule has 0 atom stereocenters. The number of sulfone groups is 1. The van der Waals surface area contributed by atoms with Crippen LogP contribution in [0.1, 0.15) is 29.5 Å². The number of hydrogen-bond donors (Lipinski definition) is 1. The van der Waals surface area contributed by atoms with Crippen LogP contribution in [0.2, 0.25) is 0 Å². The SMILES string of the molecule is Cc1cc(S(C)(=O)=O)cc(C)c1Oc1ccc(CN2CCC(N(C(=O)Nc3ccc(F)cc3F)c3ccccc3)CC2)cn1. The standard InChI is InChI=1S/C33H34F2N4O4S/c1-22-17-28(44(3,41)42)18-23(2)32(22)43-31-12-9-24(20-36-31)21-38-15-13-27(14-16-38)39(26-7-5-4-6-8-26)33(40)37-30-11-10-25(34)19-29(30)35/h4-12,17-20,27H,13-16,21H2,1-3H3,(H,37,40). The molecule has 1 aliphatic heterocycles. The summed E-state index contributed by atoms with van der Waals surface area (Å²) in [4.78, 5) is 22.0. The predicted molar refractivity (Wildman–Crippen MR) is 166 cm³/mol. The summed E-state index contributed by atoms with van der Waals surface area (Å²) in [5.74, 6) is -0.556. The molecule has 11 heteroatoms. The van der Waals surface area contributed by atoms with Crippen LogP contribution in [-0.2, 0) is 16.4 Å². The fraction of sp³-hybridized carbons (Fsp3) is 0.273. The monoisotopic (exact) mass is 620 g/mol.